The summed E-state index contributed by atoms with van der Waals surface area (Å²) in [7, 11) is 0. The number of amides is 1. The summed E-state index contributed by atoms with van der Waals surface area (Å²) in [6, 6.07) is 11.0. The molecule has 30 heavy (non-hydrogen) atoms. The topological polar surface area (TPSA) is 111 Å². The van der Waals surface area contributed by atoms with E-state index in [1.54, 1.807) is 25.1 Å². The lowest BCUT2D eigenvalue weighted by molar-refractivity contribution is -0.383. The van der Waals surface area contributed by atoms with E-state index in [-0.39, 0.29) is 16.4 Å². The maximum absolute atomic E-state index is 12.8. The fourth-order valence-electron chi connectivity index (χ4n) is 3.12. The highest BCUT2D eigenvalue weighted by Gasteiger charge is 2.21. The molecule has 154 valence electrons. The molecular formula is C21H18ClN3O5. The van der Waals surface area contributed by atoms with E-state index in [1.807, 2.05) is 13.0 Å². The molecule has 9 heteroatoms. The van der Waals surface area contributed by atoms with Crippen LogP contribution in [0.25, 0.3) is 10.9 Å². The number of nitrogens with zero attached hydrogens (tertiary/aromatic N) is 2. The van der Waals surface area contributed by atoms with Crippen LogP contribution >= 0.6 is 11.6 Å². The number of halogens is 1. The molecule has 0 bridgehead atoms. The maximum atomic E-state index is 12.8. The number of nitro benzene ring substituents is 1. The predicted octanol–water partition coefficient (Wildman–Crippen LogP) is 4.46. The first kappa shape index (κ1) is 21.2. The van der Waals surface area contributed by atoms with Gasteiger partial charge < -0.3 is 10.1 Å². The smallest absolute Gasteiger partial charge is 0.339 e. The van der Waals surface area contributed by atoms with Crippen LogP contribution in [-0.2, 0) is 16.0 Å². The Morgan fingerprint density at radius 1 is 1.23 bits per heavy atom. The van der Waals surface area contributed by atoms with Crippen molar-refractivity contribution in [2.75, 3.05) is 11.9 Å². The summed E-state index contributed by atoms with van der Waals surface area (Å²) in [6.07, 6.45) is 0.637. The number of nitrogens with one attached hydrogen (secondary N) is 1. The van der Waals surface area contributed by atoms with Gasteiger partial charge >= 0.3 is 5.97 Å². The normalized spacial score (nSPS) is 10.6. The van der Waals surface area contributed by atoms with Gasteiger partial charge in [-0.1, -0.05) is 36.7 Å². The molecule has 0 atom stereocenters. The molecule has 0 radical (unpaired) electrons. The Bertz CT molecular complexity index is 1160. The molecule has 0 saturated heterocycles. The molecule has 3 rings (SSSR count). The minimum atomic E-state index is -0.708. The molecule has 1 aromatic heterocycles. The number of carbonyl (C=O) groups excluding carboxylic acids is 2. The molecule has 3 aromatic rings. The number of carbonyl (C=O) groups is 2. The Kier molecular flexibility index (Phi) is 6.27. The van der Waals surface area contributed by atoms with Gasteiger partial charge in [-0.3, -0.25) is 19.9 Å². The molecule has 0 aliphatic rings. The molecule has 0 unspecified atom stereocenters. The Labute approximate surface area is 177 Å². The summed E-state index contributed by atoms with van der Waals surface area (Å²) in [5.41, 5.74) is 2.07. The van der Waals surface area contributed by atoms with Gasteiger partial charge in [0.15, 0.2) is 6.61 Å². The van der Waals surface area contributed by atoms with Gasteiger partial charge in [0.1, 0.15) is 5.69 Å². The number of aromatic nitrogens is 1. The van der Waals surface area contributed by atoms with Crippen LogP contribution in [0.3, 0.4) is 0 Å². The van der Waals surface area contributed by atoms with Crippen LogP contribution < -0.4 is 5.32 Å². The second kappa shape index (κ2) is 8.87. The zero-order valence-corrected chi connectivity index (χ0v) is 17.0. The number of rotatable bonds is 6. The number of fused-ring (bicyclic) bond motifs is 1. The molecule has 2 aromatic carbocycles. The summed E-state index contributed by atoms with van der Waals surface area (Å²) >= 11 is 5.76. The number of para-hydroxylation sites is 1. The third-order valence-corrected chi connectivity index (χ3v) is 4.78. The van der Waals surface area contributed by atoms with E-state index >= 15 is 0 Å². The largest absolute Gasteiger partial charge is 0.452 e. The first-order valence-electron chi connectivity index (χ1n) is 9.11. The number of anilines is 1. The minimum absolute atomic E-state index is 0.0377. The molecule has 1 amide bonds. The van der Waals surface area contributed by atoms with Gasteiger partial charge in [-0.15, -0.1) is 0 Å². The quantitative estimate of drug-likeness (QED) is 0.353. The molecule has 0 aliphatic heterocycles. The van der Waals surface area contributed by atoms with Gasteiger partial charge in [-0.05, 0) is 37.1 Å². The molecule has 1 heterocycles. The summed E-state index contributed by atoms with van der Waals surface area (Å²) in [5.74, 6) is -1.37. The summed E-state index contributed by atoms with van der Waals surface area (Å²) in [5, 5.41) is 14.3. The number of hydrogen-bond acceptors (Lipinski definition) is 6. The maximum Gasteiger partial charge on any atom is 0.339 e. The number of ether oxygens (including phenoxy) is 1. The van der Waals surface area contributed by atoms with E-state index in [2.05, 4.69) is 10.3 Å². The van der Waals surface area contributed by atoms with E-state index in [0.717, 1.165) is 11.8 Å². The highest BCUT2D eigenvalue weighted by Crippen LogP contribution is 2.28. The van der Waals surface area contributed by atoms with Gasteiger partial charge in [0.05, 0.1) is 16.0 Å². The second-order valence-electron chi connectivity index (χ2n) is 6.47. The lowest BCUT2D eigenvalue weighted by atomic mass is 10.0. The first-order valence-corrected chi connectivity index (χ1v) is 9.48. The van der Waals surface area contributed by atoms with E-state index in [1.165, 1.54) is 12.1 Å². The van der Waals surface area contributed by atoms with Crippen molar-refractivity contribution in [3.05, 3.63) is 74.4 Å². The van der Waals surface area contributed by atoms with Crippen LogP contribution in [0.4, 0.5) is 11.4 Å². The van der Waals surface area contributed by atoms with Crippen molar-refractivity contribution >= 4 is 45.8 Å². The number of aryl methyl sites for hydroxylation is 1. The third-order valence-electron chi connectivity index (χ3n) is 4.54. The Morgan fingerprint density at radius 2 is 1.97 bits per heavy atom. The van der Waals surface area contributed by atoms with Crippen LogP contribution in [0.5, 0.6) is 0 Å². The van der Waals surface area contributed by atoms with Crippen molar-refractivity contribution in [3.8, 4) is 0 Å². The summed E-state index contributed by atoms with van der Waals surface area (Å²) in [4.78, 5) is 40.0. The molecular weight excluding hydrogens is 410 g/mol. The van der Waals surface area contributed by atoms with Crippen LogP contribution in [0.15, 0.2) is 42.5 Å². The number of benzene rings is 2. The monoisotopic (exact) mass is 427 g/mol. The lowest BCUT2D eigenvalue weighted by Gasteiger charge is -2.13. The van der Waals surface area contributed by atoms with Crippen LogP contribution in [0, 0.1) is 17.0 Å². The van der Waals surface area contributed by atoms with Gasteiger partial charge in [0, 0.05) is 22.2 Å². The van der Waals surface area contributed by atoms with Gasteiger partial charge in [0.2, 0.25) is 0 Å². The summed E-state index contributed by atoms with van der Waals surface area (Å²) < 4.78 is 5.20. The second-order valence-corrected chi connectivity index (χ2v) is 6.91. The zero-order valence-electron chi connectivity index (χ0n) is 16.3. The standard InChI is InChI=1S/C21H18ClN3O5/c1-3-15-12(2)20(14-6-4-5-7-16(14)23-15)21(27)30-11-19(26)24-17-9-8-13(22)10-18(17)25(28)29/h4-10H,3,11H2,1-2H3,(H,24,26). The average molecular weight is 428 g/mol. The van der Waals surface area contributed by atoms with E-state index in [9.17, 15) is 19.7 Å². The van der Waals surface area contributed by atoms with Crippen LogP contribution in [0.2, 0.25) is 5.02 Å². The van der Waals surface area contributed by atoms with E-state index in [0.29, 0.717) is 28.5 Å². The number of pyridine rings is 1. The van der Waals surface area contributed by atoms with Crippen molar-refractivity contribution in [2.24, 2.45) is 0 Å². The fourth-order valence-corrected chi connectivity index (χ4v) is 3.28. The molecule has 0 spiro atoms. The number of hydrogen-bond donors (Lipinski definition) is 1. The average Bonchev–Trinajstić information content (AvgIpc) is 2.72. The van der Waals surface area contributed by atoms with Gasteiger partial charge in [0.25, 0.3) is 11.6 Å². The Hall–Kier alpha value is -3.52. The Balaban J connectivity index is 1.79. The van der Waals surface area contributed by atoms with Crippen LogP contribution in [0.1, 0.15) is 28.5 Å². The van der Waals surface area contributed by atoms with E-state index < -0.39 is 23.4 Å². The molecule has 0 fully saturated rings. The van der Waals surface area contributed by atoms with Crippen molar-refractivity contribution in [3.63, 3.8) is 0 Å². The van der Waals surface area contributed by atoms with Crippen LogP contribution in [-0.4, -0.2) is 28.4 Å². The molecule has 0 saturated carbocycles. The number of esters is 1. The lowest BCUT2D eigenvalue weighted by Crippen LogP contribution is -2.22. The SMILES string of the molecule is CCc1nc2ccccc2c(C(=O)OCC(=O)Nc2ccc(Cl)cc2[N+](=O)[O-])c1C. The highest BCUT2D eigenvalue weighted by molar-refractivity contribution is 6.31. The molecule has 8 nitrogen and oxygen atoms in total. The highest BCUT2D eigenvalue weighted by atomic mass is 35.5. The molecule has 1 N–H and O–H groups in total. The fraction of sp³-hybridized carbons (Fsp3) is 0.190. The van der Waals surface area contributed by atoms with Crippen molar-refractivity contribution < 1.29 is 19.2 Å². The minimum Gasteiger partial charge on any atom is -0.452 e. The van der Waals surface area contributed by atoms with Crippen molar-refractivity contribution in [1.82, 2.24) is 4.98 Å². The van der Waals surface area contributed by atoms with Crippen molar-refractivity contribution in [1.29, 1.82) is 0 Å². The van der Waals surface area contributed by atoms with Gasteiger partial charge in [-0.2, -0.15) is 0 Å². The summed E-state index contributed by atoms with van der Waals surface area (Å²) in [6.45, 7) is 3.12. The van der Waals surface area contributed by atoms with Gasteiger partial charge in [-0.25, -0.2) is 4.79 Å². The predicted molar refractivity (Wildman–Crippen MR) is 113 cm³/mol. The third kappa shape index (κ3) is 4.38. The first-order chi connectivity index (χ1) is 14.3. The van der Waals surface area contributed by atoms with Crippen molar-refractivity contribution in [2.45, 2.75) is 20.3 Å². The number of nitro groups is 1. The molecule has 0 aliphatic carbocycles. The Morgan fingerprint density at radius 3 is 2.67 bits per heavy atom. The van der Waals surface area contributed by atoms with E-state index in [4.69, 9.17) is 16.3 Å². The zero-order chi connectivity index (χ0) is 21.8.